The van der Waals surface area contributed by atoms with Gasteiger partial charge in [0.25, 0.3) is 0 Å². The molecular formula is C28H42N4O9. The molecule has 5 N–H and O–H groups in total. The van der Waals surface area contributed by atoms with Crippen LogP contribution in [-0.2, 0) is 38.2 Å². The van der Waals surface area contributed by atoms with Gasteiger partial charge in [0.1, 0.15) is 30.3 Å². The van der Waals surface area contributed by atoms with E-state index < -0.39 is 60.6 Å². The van der Waals surface area contributed by atoms with Crippen molar-refractivity contribution in [2.24, 2.45) is 5.92 Å². The molecule has 1 saturated heterocycles. The molecule has 4 amide bonds. The van der Waals surface area contributed by atoms with Gasteiger partial charge in [0.15, 0.2) is 5.78 Å². The van der Waals surface area contributed by atoms with E-state index in [-0.39, 0.29) is 37.2 Å². The Balaban J connectivity index is 2.10. The average Bonchev–Trinajstić information content (AvgIpc) is 3.66. The van der Waals surface area contributed by atoms with Gasteiger partial charge in [-0.05, 0) is 44.9 Å². The van der Waals surface area contributed by atoms with Gasteiger partial charge in [-0.1, -0.05) is 37.6 Å². The van der Waals surface area contributed by atoms with Gasteiger partial charge in [-0.15, -0.1) is 0 Å². The van der Waals surface area contributed by atoms with E-state index in [0.29, 0.717) is 12.8 Å². The minimum Gasteiger partial charge on any atom is -0.480 e. The minimum absolute atomic E-state index is 0.0307. The van der Waals surface area contributed by atoms with Crippen LogP contribution in [0.1, 0.15) is 59.8 Å². The van der Waals surface area contributed by atoms with E-state index in [1.165, 1.54) is 6.92 Å². The highest BCUT2D eigenvalue weighted by Gasteiger charge is 2.46. The van der Waals surface area contributed by atoms with E-state index in [2.05, 4.69) is 27.3 Å². The van der Waals surface area contributed by atoms with Gasteiger partial charge in [-0.2, -0.15) is 0 Å². The summed E-state index contributed by atoms with van der Waals surface area (Å²) < 4.78 is 10.1. The fraction of sp³-hybridized carbons (Fsp3) is 0.643. The van der Waals surface area contributed by atoms with E-state index >= 15 is 0 Å². The summed E-state index contributed by atoms with van der Waals surface area (Å²) in [6, 6.07) is -3.28. The molecular weight excluding hydrogens is 536 g/mol. The lowest BCUT2D eigenvalue weighted by Gasteiger charge is -2.26. The lowest BCUT2D eigenvalue weighted by atomic mass is 9.97. The van der Waals surface area contributed by atoms with Crippen molar-refractivity contribution in [2.75, 3.05) is 26.4 Å². The second-order valence-electron chi connectivity index (χ2n) is 10.9. The molecule has 0 radical (unpaired) electrons. The van der Waals surface area contributed by atoms with E-state index in [1.54, 1.807) is 6.92 Å². The fourth-order valence-electron chi connectivity index (χ4n) is 4.15. The van der Waals surface area contributed by atoms with E-state index in [4.69, 9.17) is 14.6 Å². The molecule has 0 aromatic carbocycles. The average molecular weight is 579 g/mol. The van der Waals surface area contributed by atoms with Gasteiger partial charge >= 0.3 is 5.97 Å². The van der Waals surface area contributed by atoms with Crippen LogP contribution in [0.3, 0.4) is 0 Å². The number of Topliss-reactive ketones (excluding diaryl/α,β-unsaturated/α-hetero) is 1. The van der Waals surface area contributed by atoms with Crippen molar-refractivity contribution < 1.29 is 43.3 Å². The normalized spacial score (nSPS) is 19.8. The van der Waals surface area contributed by atoms with Crippen LogP contribution in [0.4, 0.5) is 0 Å². The number of allylic oxidation sites excluding steroid dienone is 4. The Hall–Kier alpha value is -3.58. The summed E-state index contributed by atoms with van der Waals surface area (Å²) >= 11 is 0. The predicted molar refractivity (Wildman–Crippen MR) is 147 cm³/mol. The zero-order valence-corrected chi connectivity index (χ0v) is 24.1. The number of hydrogen-bond donors (Lipinski definition) is 5. The Bertz CT molecular complexity index is 1050. The third-order valence-electron chi connectivity index (χ3n) is 6.62. The van der Waals surface area contributed by atoms with E-state index in [9.17, 15) is 28.8 Å². The Kier molecular flexibility index (Phi) is 13.1. The number of carboxylic acids is 1. The van der Waals surface area contributed by atoms with Crippen molar-refractivity contribution in [1.29, 1.82) is 0 Å². The van der Waals surface area contributed by atoms with Crippen LogP contribution in [0.5, 0.6) is 0 Å². The zero-order valence-electron chi connectivity index (χ0n) is 24.1. The van der Waals surface area contributed by atoms with Crippen molar-refractivity contribution in [3.8, 4) is 0 Å². The molecule has 228 valence electrons. The summed E-state index contributed by atoms with van der Waals surface area (Å²) in [4.78, 5) is 74.3. The molecule has 0 spiro atoms. The second kappa shape index (κ2) is 16.0. The molecule has 2 aliphatic rings. The summed E-state index contributed by atoms with van der Waals surface area (Å²) in [7, 11) is 0. The van der Waals surface area contributed by atoms with Crippen LogP contribution < -0.4 is 21.3 Å². The van der Waals surface area contributed by atoms with Crippen LogP contribution in [-0.4, -0.2) is 90.6 Å². The van der Waals surface area contributed by atoms with E-state index in [0.717, 1.165) is 18.4 Å². The van der Waals surface area contributed by atoms with Crippen LogP contribution in [0.15, 0.2) is 23.8 Å². The third-order valence-corrected chi connectivity index (χ3v) is 6.62. The largest absolute Gasteiger partial charge is 0.480 e. The molecule has 1 heterocycles. The van der Waals surface area contributed by atoms with Crippen LogP contribution in [0.2, 0.25) is 0 Å². The Morgan fingerprint density at radius 1 is 1.02 bits per heavy atom. The molecule has 1 fully saturated rings. The van der Waals surface area contributed by atoms with Gasteiger partial charge in [-0.3, -0.25) is 24.0 Å². The highest BCUT2D eigenvalue weighted by Crippen LogP contribution is 2.26. The quantitative estimate of drug-likeness (QED) is 0.141. The number of ether oxygens (including phenoxy) is 2. The summed E-state index contributed by atoms with van der Waals surface area (Å²) in [6.07, 6.45) is 8.93. The molecule has 1 aliphatic heterocycles. The van der Waals surface area contributed by atoms with Gasteiger partial charge in [0, 0.05) is 6.92 Å². The maximum atomic E-state index is 13.3. The van der Waals surface area contributed by atoms with Crippen molar-refractivity contribution in [2.45, 2.75) is 83.5 Å². The minimum atomic E-state index is -1.34. The summed E-state index contributed by atoms with van der Waals surface area (Å²) in [6.45, 7) is 5.31. The lowest BCUT2D eigenvalue weighted by molar-refractivity contribution is -0.144. The number of ketones is 1. The summed E-state index contributed by atoms with van der Waals surface area (Å²) in [5.41, 5.74) is 0.204. The highest BCUT2D eigenvalue weighted by atomic mass is 16.6. The first-order valence-electron chi connectivity index (χ1n) is 13.8. The predicted octanol–water partition coefficient (Wildman–Crippen LogP) is 0.139. The number of amides is 4. The number of carbonyl (C=O) groups is 6. The number of aliphatic carboxylic acids is 1. The molecule has 0 unspecified atom stereocenters. The first-order valence-corrected chi connectivity index (χ1v) is 13.8. The SMILES string of the molecule is CC(=O)N[C@@H](CCC1=CC=CCC1)C(=O)N[C@@H](CC(C)C)C(=O)N[C@@H](COCC(=O)O)C(=O)NCC(=O)[C@@]1(C)CO1. The van der Waals surface area contributed by atoms with Crippen LogP contribution >= 0.6 is 0 Å². The first-order chi connectivity index (χ1) is 19.3. The monoisotopic (exact) mass is 578 g/mol. The Labute approximate surface area is 239 Å². The highest BCUT2D eigenvalue weighted by molar-refractivity contribution is 5.96. The van der Waals surface area contributed by atoms with Crippen LogP contribution in [0, 0.1) is 5.92 Å². The Morgan fingerprint density at radius 3 is 2.24 bits per heavy atom. The number of hydrogen-bond acceptors (Lipinski definition) is 8. The topological polar surface area (TPSA) is 193 Å². The van der Waals surface area contributed by atoms with Crippen molar-refractivity contribution in [1.82, 2.24) is 21.3 Å². The number of nitrogens with one attached hydrogen (secondary N) is 4. The van der Waals surface area contributed by atoms with Gasteiger partial charge in [0.2, 0.25) is 23.6 Å². The second-order valence-corrected chi connectivity index (χ2v) is 10.9. The summed E-state index contributed by atoms with van der Waals surface area (Å²) in [5.74, 6) is -4.04. The maximum Gasteiger partial charge on any atom is 0.329 e. The molecule has 1 aliphatic carbocycles. The number of carboxylic acid groups (broad SMARTS) is 1. The molecule has 4 atom stereocenters. The molecule has 0 saturated carbocycles. The number of rotatable bonds is 18. The van der Waals surface area contributed by atoms with Gasteiger partial charge < -0.3 is 35.8 Å². The molecule has 13 heteroatoms. The molecule has 2 rings (SSSR count). The van der Waals surface area contributed by atoms with Crippen molar-refractivity contribution in [3.05, 3.63) is 23.8 Å². The van der Waals surface area contributed by atoms with Gasteiger partial charge in [0.05, 0.1) is 19.8 Å². The molecule has 41 heavy (non-hydrogen) atoms. The molecule has 0 bridgehead atoms. The summed E-state index contributed by atoms with van der Waals surface area (Å²) in [5, 5.41) is 19.2. The zero-order chi connectivity index (χ0) is 30.6. The number of carbonyl (C=O) groups excluding carboxylic acids is 5. The fourth-order valence-corrected chi connectivity index (χ4v) is 4.15. The number of epoxide rings is 1. The molecule has 0 aromatic rings. The molecule has 13 nitrogen and oxygen atoms in total. The van der Waals surface area contributed by atoms with Crippen molar-refractivity contribution in [3.63, 3.8) is 0 Å². The Morgan fingerprint density at radius 2 is 1.68 bits per heavy atom. The standard InChI is InChI=1S/C28H42N4O9/c1-17(2)12-21(31-26(38)20(30-18(3)33)11-10-19-8-6-5-7-9-19)27(39)32-22(14-40-15-24(35)36)25(37)29-13-23(34)28(4)16-41-28/h5-6,8,17,20-22H,7,9-16H2,1-4H3,(H,29,37)(H,30,33)(H,31,38)(H,32,39)(H,35,36)/t20-,21-,22-,28+/m0/s1. The smallest absolute Gasteiger partial charge is 0.329 e. The van der Waals surface area contributed by atoms with E-state index in [1.807, 2.05) is 26.0 Å². The van der Waals surface area contributed by atoms with Gasteiger partial charge in [-0.25, -0.2) is 4.79 Å². The first kappa shape index (κ1) is 33.6. The maximum absolute atomic E-state index is 13.3. The molecule has 0 aromatic heterocycles. The third kappa shape index (κ3) is 12.2. The lowest BCUT2D eigenvalue weighted by Crippen LogP contribution is -2.58. The van der Waals surface area contributed by atoms with Crippen molar-refractivity contribution >= 4 is 35.4 Å². The van der Waals surface area contributed by atoms with Crippen LogP contribution in [0.25, 0.3) is 0 Å².